The predicted octanol–water partition coefficient (Wildman–Crippen LogP) is 4.99. The second-order valence-electron chi connectivity index (χ2n) is 9.24. The molecule has 1 aliphatic rings. The topological polar surface area (TPSA) is 74.8 Å². The molecular weight excluding hydrogens is 480 g/mol. The van der Waals surface area contributed by atoms with E-state index in [9.17, 15) is 16.8 Å². The summed E-state index contributed by atoms with van der Waals surface area (Å²) in [6, 6.07) is 23.1. The third-order valence-corrected chi connectivity index (χ3v) is 10.1. The molecule has 0 radical (unpaired) electrons. The van der Waals surface area contributed by atoms with Gasteiger partial charge in [-0.2, -0.15) is 8.61 Å². The van der Waals surface area contributed by atoms with Gasteiger partial charge >= 0.3 is 0 Å². The van der Waals surface area contributed by atoms with Crippen LogP contribution in [0.5, 0.6) is 0 Å². The van der Waals surface area contributed by atoms with E-state index >= 15 is 0 Å². The van der Waals surface area contributed by atoms with Gasteiger partial charge in [0.1, 0.15) is 0 Å². The van der Waals surface area contributed by atoms with Gasteiger partial charge in [0.15, 0.2) is 0 Å². The maximum absolute atomic E-state index is 13.7. The average Bonchev–Trinajstić information content (AvgIpc) is 3.41. The molecule has 6 nitrogen and oxygen atoms in total. The molecule has 0 aliphatic carbocycles. The third kappa shape index (κ3) is 5.83. The standard InChI is InChI=1S/C27H32N2O4S2/c1-22(2)25-12-10-24(11-13-25)21-29(20-23-8-4-3-5-9-23)35(32,33)27-16-14-26(15-17-27)34(30,31)28-18-6-7-19-28/h3-5,8-17,22H,6-7,18-21H2,1-2H3. The van der Waals surface area contributed by atoms with Crippen LogP contribution in [0.1, 0.15) is 49.3 Å². The summed E-state index contributed by atoms with van der Waals surface area (Å²) in [6.45, 7) is 5.67. The Morgan fingerprint density at radius 1 is 0.714 bits per heavy atom. The van der Waals surface area contributed by atoms with Gasteiger partial charge in [0, 0.05) is 26.2 Å². The lowest BCUT2D eigenvalue weighted by Gasteiger charge is -2.23. The van der Waals surface area contributed by atoms with Gasteiger partial charge in [-0.1, -0.05) is 68.4 Å². The first-order chi connectivity index (χ1) is 16.7. The summed E-state index contributed by atoms with van der Waals surface area (Å²) in [5, 5.41) is 0. The van der Waals surface area contributed by atoms with E-state index in [-0.39, 0.29) is 22.9 Å². The zero-order chi connectivity index (χ0) is 25.1. The SMILES string of the molecule is CC(C)c1ccc(CN(Cc2ccccc2)S(=O)(=O)c2ccc(S(=O)(=O)N3CCCC3)cc2)cc1. The van der Waals surface area contributed by atoms with Crippen LogP contribution in [-0.2, 0) is 33.1 Å². The fourth-order valence-electron chi connectivity index (χ4n) is 4.23. The normalized spacial score (nSPS) is 15.2. The molecule has 35 heavy (non-hydrogen) atoms. The Bertz CT molecular complexity index is 1330. The number of hydrogen-bond donors (Lipinski definition) is 0. The fourth-order valence-corrected chi connectivity index (χ4v) is 7.17. The molecule has 3 aromatic carbocycles. The Morgan fingerprint density at radius 3 is 1.77 bits per heavy atom. The Hall–Kier alpha value is -2.52. The summed E-state index contributed by atoms with van der Waals surface area (Å²) >= 11 is 0. The molecule has 0 aromatic heterocycles. The molecule has 8 heteroatoms. The quantitative estimate of drug-likeness (QED) is 0.405. The molecule has 1 aliphatic heterocycles. The van der Waals surface area contributed by atoms with Crippen LogP contribution in [0.25, 0.3) is 0 Å². The van der Waals surface area contributed by atoms with E-state index in [2.05, 4.69) is 13.8 Å². The van der Waals surface area contributed by atoms with E-state index in [4.69, 9.17) is 0 Å². The lowest BCUT2D eigenvalue weighted by molar-refractivity contribution is 0.401. The van der Waals surface area contributed by atoms with Crippen molar-refractivity contribution < 1.29 is 16.8 Å². The highest BCUT2D eigenvalue weighted by molar-refractivity contribution is 7.89. The first kappa shape index (κ1) is 25.6. The number of sulfonamides is 2. The molecule has 3 aromatic rings. The highest BCUT2D eigenvalue weighted by atomic mass is 32.2. The third-order valence-electron chi connectivity index (χ3n) is 6.37. The molecular formula is C27H32N2O4S2. The van der Waals surface area contributed by atoms with Crippen molar-refractivity contribution >= 4 is 20.0 Å². The van der Waals surface area contributed by atoms with Crippen molar-refractivity contribution in [3.05, 3.63) is 95.6 Å². The molecule has 0 N–H and O–H groups in total. The number of nitrogens with zero attached hydrogens (tertiary/aromatic N) is 2. The second-order valence-corrected chi connectivity index (χ2v) is 13.1. The Labute approximate surface area is 209 Å². The van der Waals surface area contributed by atoms with Gasteiger partial charge in [-0.15, -0.1) is 0 Å². The minimum absolute atomic E-state index is 0.0765. The molecule has 0 bridgehead atoms. The minimum Gasteiger partial charge on any atom is -0.207 e. The van der Waals surface area contributed by atoms with Gasteiger partial charge in [0.2, 0.25) is 20.0 Å². The van der Waals surface area contributed by atoms with E-state index in [0.717, 1.165) is 24.0 Å². The van der Waals surface area contributed by atoms with Crippen molar-refractivity contribution in [2.75, 3.05) is 13.1 Å². The number of hydrogen-bond acceptors (Lipinski definition) is 4. The van der Waals surface area contributed by atoms with Crippen molar-refractivity contribution in [2.45, 2.75) is 55.5 Å². The molecule has 4 rings (SSSR count). The van der Waals surface area contributed by atoms with Crippen LogP contribution in [0.3, 0.4) is 0 Å². The lowest BCUT2D eigenvalue weighted by atomic mass is 10.0. The molecule has 0 spiro atoms. The minimum atomic E-state index is -3.88. The zero-order valence-corrected chi connectivity index (χ0v) is 21.8. The van der Waals surface area contributed by atoms with Crippen molar-refractivity contribution in [1.82, 2.24) is 8.61 Å². The average molecular weight is 513 g/mol. The van der Waals surface area contributed by atoms with Crippen molar-refractivity contribution in [2.24, 2.45) is 0 Å². The number of benzene rings is 3. The predicted molar refractivity (Wildman–Crippen MR) is 138 cm³/mol. The summed E-state index contributed by atoms with van der Waals surface area (Å²) in [5.41, 5.74) is 2.96. The van der Waals surface area contributed by atoms with Crippen LogP contribution in [0, 0.1) is 0 Å². The molecule has 186 valence electrons. The van der Waals surface area contributed by atoms with Crippen molar-refractivity contribution in [3.8, 4) is 0 Å². The summed E-state index contributed by atoms with van der Waals surface area (Å²) in [7, 11) is -7.48. The Kier molecular flexibility index (Phi) is 7.76. The summed E-state index contributed by atoms with van der Waals surface area (Å²) in [6.07, 6.45) is 1.69. The van der Waals surface area contributed by atoms with Gasteiger partial charge in [0.05, 0.1) is 9.79 Å². The molecule has 1 fully saturated rings. The van der Waals surface area contributed by atoms with Crippen LogP contribution in [-0.4, -0.2) is 38.5 Å². The van der Waals surface area contributed by atoms with E-state index < -0.39 is 20.0 Å². The molecule has 0 atom stereocenters. The van der Waals surface area contributed by atoms with Crippen LogP contribution >= 0.6 is 0 Å². The van der Waals surface area contributed by atoms with E-state index in [1.165, 1.54) is 38.4 Å². The maximum atomic E-state index is 13.7. The number of rotatable bonds is 9. The summed E-state index contributed by atoms with van der Waals surface area (Å²) in [5.74, 6) is 0.392. The molecule has 0 saturated carbocycles. The van der Waals surface area contributed by atoms with Crippen molar-refractivity contribution in [3.63, 3.8) is 0 Å². The van der Waals surface area contributed by atoms with Crippen LogP contribution in [0.15, 0.2) is 88.7 Å². The van der Waals surface area contributed by atoms with Crippen LogP contribution in [0.2, 0.25) is 0 Å². The zero-order valence-electron chi connectivity index (χ0n) is 20.2. The molecule has 1 saturated heterocycles. The molecule has 1 heterocycles. The van der Waals surface area contributed by atoms with E-state index in [0.29, 0.717) is 19.0 Å². The second kappa shape index (κ2) is 10.6. The summed E-state index contributed by atoms with van der Waals surface area (Å²) in [4.78, 5) is 0.199. The van der Waals surface area contributed by atoms with Crippen molar-refractivity contribution in [1.29, 1.82) is 0 Å². The lowest BCUT2D eigenvalue weighted by Crippen LogP contribution is -2.30. The highest BCUT2D eigenvalue weighted by Gasteiger charge is 2.29. The van der Waals surface area contributed by atoms with Gasteiger partial charge < -0.3 is 0 Å². The van der Waals surface area contributed by atoms with E-state index in [1.54, 1.807) is 0 Å². The van der Waals surface area contributed by atoms with Gasteiger partial charge in [-0.25, -0.2) is 16.8 Å². The van der Waals surface area contributed by atoms with E-state index in [1.807, 2.05) is 54.6 Å². The highest BCUT2D eigenvalue weighted by Crippen LogP contribution is 2.26. The first-order valence-corrected chi connectivity index (χ1v) is 14.8. The Balaban J connectivity index is 1.63. The maximum Gasteiger partial charge on any atom is 0.243 e. The van der Waals surface area contributed by atoms with Gasteiger partial charge in [0.25, 0.3) is 0 Å². The monoisotopic (exact) mass is 512 g/mol. The van der Waals surface area contributed by atoms with Crippen LogP contribution in [0.4, 0.5) is 0 Å². The largest absolute Gasteiger partial charge is 0.243 e. The summed E-state index contributed by atoms with van der Waals surface area (Å²) < 4.78 is 56.0. The van der Waals surface area contributed by atoms with Crippen LogP contribution < -0.4 is 0 Å². The fraction of sp³-hybridized carbons (Fsp3) is 0.333. The smallest absolute Gasteiger partial charge is 0.207 e. The molecule has 0 amide bonds. The Morgan fingerprint density at radius 2 is 1.23 bits per heavy atom. The van der Waals surface area contributed by atoms with Gasteiger partial charge in [-0.3, -0.25) is 0 Å². The first-order valence-electron chi connectivity index (χ1n) is 11.9. The molecule has 0 unspecified atom stereocenters. The van der Waals surface area contributed by atoms with Gasteiger partial charge in [-0.05, 0) is 59.7 Å².